The third kappa shape index (κ3) is 11.8. The van der Waals surface area contributed by atoms with E-state index in [1.807, 2.05) is 0 Å². The lowest BCUT2D eigenvalue weighted by molar-refractivity contribution is 0.0341. The standard InChI is InChI=1S/C7H19N3O3/c8-7(11)1-3-12-5-6-13-4-2-10-9/h7,10-11H,1-6,8-9H2. The highest BCUT2D eigenvalue weighted by molar-refractivity contribution is 4.42. The van der Waals surface area contributed by atoms with Gasteiger partial charge in [-0.05, 0) is 0 Å². The third-order valence-electron chi connectivity index (χ3n) is 1.32. The number of nitrogens with two attached hydrogens (primary N) is 2. The summed E-state index contributed by atoms with van der Waals surface area (Å²) in [6, 6.07) is 0. The van der Waals surface area contributed by atoms with Crippen molar-refractivity contribution in [2.75, 3.05) is 33.0 Å². The minimum absolute atomic E-state index is 0.449. The van der Waals surface area contributed by atoms with E-state index in [2.05, 4.69) is 5.43 Å². The van der Waals surface area contributed by atoms with E-state index in [1.54, 1.807) is 0 Å². The lowest BCUT2D eigenvalue weighted by Gasteiger charge is -2.06. The molecule has 0 saturated carbocycles. The highest BCUT2D eigenvalue weighted by Gasteiger charge is 1.94. The monoisotopic (exact) mass is 193 g/mol. The van der Waals surface area contributed by atoms with Crippen molar-refractivity contribution in [3.8, 4) is 0 Å². The van der Waals surface area contributed by atoms with Crippen LogP contribution >= 0.6 is 0 Å². The Labute approximate surface area is 78.2 Å². The maximum Gasteiger partial charge on any atom is 0.104 e. The fourth-order valence-corrected chi connectivity index (χ4v) is 0.657. The smallest absolute Gasteiger partial charge is 0.104 e. The summed E-state index contributed by atoms with van der Waals surface area (Å²) < 4.78 is 10.2. The fourth-order valence-electron chi connectivity index (χ4n) is 0.657. The van der Waals surface area contributed by atoms with E-state index in [1.165, 1.54) is 0 Å². The molecule has 80 valence electrons. The normalized spacial score (nSPS) is 13.2. The Bertz CT molecular complexity index is 103. The van der Waals surface area contributed by atoms with E-state index in [0.29, 0.717) is 39.4 Å². The zero-order valence-corrected chi connectivity index (χ0v) is 7.74. The highest BCUT2D eigenvalue weighted by Crippen LogP contribution is 1.85. The highest BCUT2D eigenvalue weighted by atomic mass is 16.5. The molecular weight excluding hydrogens is 174 g/mol. The summed E-state index contributed by atoms with van der Waals surface area (Å²) in [6.07, 6.45) is -0.341. The predicted octanol–water partition coefficient (Wildman–Crippen LogP) is -1.85. The van der Waals surface area contributed by atoms with E-state index in [-0.39, 0.29) is 0 Å². The van der Waals surface area contributed by atoms with Gasteiger partial charge in [0.25, 0.3) is 0 Å². The Morgan fingerprint density at radius 3 is 2.31 bits per heavy atom. The van der Waals surface area contributed by atoms with E-state index in [4.69, 9.17) is 26.2 Å². The molecule has 13 heavy (non-hydrogen) atoms. The van der Waals surface area contributed by atoms with Crippen LogP contribution in [0.2, 0.25) is 0 Å². The average Bonchev–Trinajstić information content (AvgIpc) is 2.09. The lowest BCUT2D eigenvalue weighted by atomic mass is 10.4. The molecule has 0 fully saturated rings. The quantitative estimate of drug-likeness (QED) is 0.148. The zero-order chi connectivity index (χ0) is 9.94. The van der Waals surface area contributed by atoms with Crippen molar-refractivity contribution in [1.82, 2.24) is 5.43 Å². The molecule has 0 saturated heterocycles. The summed E-state index contributed by atoms with van der Waals surface area (Å²) in [4.78, 5) is 0. The van der Waals surface area contributed by atoms with Crippen molar-refractivity contribution in [3.05, 3.63) is 0 Å². The van der Waals surface area contributed by atoms with Crippen LogP contribution in [-0.2, 0) is 9.47 Å². The Kier molecular flexibility index (Phi) is 9.66. The van der Waals surface area contributed by atoms with Gasteiger partial charge >= 0.3 is 0 Å². The van der Waals surface area contributed by atoms with E-state index in [9.17, 15) is 0 Å². The van der Waals surface area contributed by atoms with Gasteiger partial charge in [-0.15, -0.1) is 0 Å². The van der Waals surface area contributed by atoms with Gasteiger partial charge in [0.1, 0.15) is 6.23 Å². The molecule has 0 amide bonds. The second kappa shape index (κ2) is 9.85. The Morgan fingerprint density at radius 2 is 1.77 bits per heavy atom. The molecule has 1 atom stereocenters. The van der Waals surface area contributed by atoms with Crippen molar-refractivity contribution in [2.24, 2.45) is 11.6 Å². The molecule has 0 heterocycles. The molecule has 6 heteroatoms. The van der Waals surface area contributed by atoms with Crippen molar-refractivity contribution >= 4 is 0 Å². The molecule has 0 bridgehead atoms. The minimum Gasteiger partial charge on any atom is -0.379 e. The summed E-state index contributed by atoms with van der Waals surface area (Å²) in [7, 11) is 0. The van der Waals surface area contributed by atoms with E-state index >= 15 is 0 Å². The van der Waals surface area contributed by atoms with Gasteiger partial charge in [0, 0.05) is 13.0 Å². The number of hydrogen-bond donors (Lipinski definition) is 4. The summed E-state index contributed by atoms with van der Waals surface area (Å²) >= 11 is 0. The van der Waals surface area contributed by atoms with Crippen molar-refractivity contribution in [3.63, 3.8) is 0 Å². The molecule has 0 radical (unpaired) electrons. The minimum atomic E-state index is -0.789. The fraction of sp³-hybridized carbons (Fsp3) is 1.00. The Hall–Kier alpha value is -0.240. The SMILES string of the molecule is NNCCOCCOCCC(N)O. The Morgan fingerprint density at radius 1 is 1.15 bits per heavy atom. The molecule has 0 aromatic carbocycles. The molecule has 0 aliphatic heterocycles. The molecule has 1 unspecified atom stereocenters. The lowest BCUT2D eigenvalue weighted by Crippen LogP contribution is -2.26. The largest absolute Gasteiger partial charge is 0.379 e. The van der Waals surface area contributed by atoms with Gasteiger partial charge < -0.3 is 20.3 Å². The van der Waals surface area contributed by atoms with Crippen LogP contribution in [0.25, 0.3) is 0 Å². The first-order valence-corrected chi connectivity index (χ1v) is 4.30. The first-order chi connectivity index (χ1) is 6.27. The third-order valence-corrected chi connectivity index (χ3v) is 1.32. The second-order valence-electron chi connectivity index (χ2n) is 2.53. The van der Waals surface area contributed by atoms with E-state index in [0.717, 1.165) is 0 Å². The molecule has 0 aliphatic rings. The van der Waals surface area contributed by atoms with Gasteiger partial charge in [-0.3, -0.25) is 11.3 Å². The van der Waals surface area contributed by atoms with Crippen LogP contribution < -0.4 is 17.0 Å². The molecule has 0 aromatic heterocycles. The first kappa shape index (κ1) is 12.8. The maximum atomic E-state index is 8.67. The van der Waals surface area contributed by atoms with Crippen LogP contribution in [0.4, 0.5) is 0 Å². The number of aliphatic hydroxyl groups excluding tert-OH is 1. The molecule has 0 aromatic rings. The topological polar surface area (TPSA) is 103 Å². The number of aliphatic hydroxyl groups is 1. The summed E-state index contributed by atoms with van der Waals surface area (Å²) in [5.41, 5.74) is 7.56. The molecule has 6 N–H and O–H groups in total. The number of rotatable bonds is 9. The number of ether oxygens (including phenoxy) is 2. The number of hydrazine groups is 1. The molecule has 0 spiro atoms. The summed E-state index contributed by atoms with van der Waals surface area (Å²) in [5.74, 6) is 5.02. The Balaban J connectivity index is 2.84. The van der Waals surface area contributed by atoms with Crippen LogP contribution in [-0.4, -0.2) is 44.3 Å². The van der Waals surface area contributed by atoms with Crippen LogP contribution in [0.1, 0.15) is 6.42 Å². The van der Waals surface area contributed by atoms with Gasteiger partial charge in [0.05, 0.1) is 26.4 Å². The second-order valence-corrected chi connectivity index (χ2v) is 2.53. The van der Waals surface area contributed by atoms with Gasteiger partial charge in [-0.1, -0.05) is 0 Å². The van der Waals surface area contributed by atoms with Crippen molar-refractivity contribution in [2.45, 2.75) is 12.6 Å². The zero-order valence-electron chi connectivity index (χ0n) is 7.74. The van der Waals surface area contributed by atoms with Gasteiger partial charge in [-0.25, -0.2) is 0 Å². The summed E-state index contributed by atoms with van der Waals surface area (Å²) in [5, 5.41) is 8.67. The molecular formula is C7H19N3O3. The average molecular weight is 193 g/mol. The predicted molar refractivity (Wildman–Crippen MR) is 48.6 cm³/mol. The van der Waals surface area contributed by atoms with E-state index < -0.39 is 6.23 Å². The van der Waals surface area contributed by atoms with Crippen LogP contribution in [0.5, 0.6) is 0 Å². The van der Waals surface area contributed by atoms with Crippen LogP contribution in [0.15, 0.2) is 0 Å². The number of hydrogen-bond acceptors (Lipinski definition) is 6. The van der Waals surface area contributed by atoms with Gasteiger partial charge in [-0.2, -0.15) is 0 Å². The van der Waals surface area contributed by atoms with Crippen LogP contribution in [0, 0.1) is 0 Å². The van der Waals surface area contributed by atoms with Crippen molar-refractivity contribution in [1.29, 1.82) is 0 Å². The molecule has 6 nitrogen and oxygen atoms in total. The van der Waals surface area contributed by atoms with Gasteiger partial charge in [0.2, 0.25) is 0 Å². The molecule has 0 aliphatic carbocycles. The van der Waals surface area contributed by atoms with Crippen molar-refractivity contribution < 1.29 is 14.6 Å². The first-order valence-electron chi connectivity index (χ1n) is 4.30. The molecule has 0 rings (SSSR count). The maximum absolute atomic E-state index is 8.67. The van der Waals surface area contributed by atoms with Gasteiger partial charge in [0.15, 0.2) is 0 Å². The summed E-state index contributed by atoms with van der Waals surface area (Å²) in [6.45, 7) is 2.69. The number of nitrogens with one attached hydrogen (secondary N) is 1. The van der Waals surface area contributed by atoms with Crippen LogP contribution in [0.3, 0.4) is 0 Å².